The molecule has 0 fully saturated rings. The number of rotatable bonds is 16. The lowest BCUT2D eigenvalue weighted by Crippen LogP contribution is -2.47. The molecule has 2 aromatic rings. The van der Waals surface area contributed by atoms with Gasteiger partial charge in [-0.3, -0.25) is 9.59 Å². The number of carbonyl (C=O) groups is 2. The molecule has 2 N–H and O–H groups in total. The van der Waals surface area contributed by atoms with E-state index in [1.54, 1.807) is 23.1 Å². The van der Waals surface area contributed by atoms with Crippen LogP contribution in [0.3, 0.4) is 0 Å². The van der Waals surface area contributed by atoms with Gasteiger partial charge in [-0.05, 0) is 91.8 Å². The zero-order chi connectivity index (χ0) is 35.4. The Morgan fingerprint density at radius 3 is 1.80 bits per heavy atom. The Labute approximate surface area is 279 Å². The van der Waals surface area contributed by atoms with Gasteiger partial charge in [0.2, 0.25) is 0 Å². The number of halogens is 2. The van der Waals surface area contributed by atoms with Crippen LogP contribution in [0.2, 0.25) is 0 Å². The van der Waals surface area contributed by atoms with Crippen molar-refractivity contribution in [3.8, 4) is 0 Å². The van der Waals surface area contributed by atoms with E-state index in [1.807, 2.05) is 41.5 Å². The van der Waals surface area contributed by atoms with Gasteiger partial charge in [-0.15, -0.1) is 0 Å². The minimum absolute atomic E-state index is 0.0640. The topological polar surface area (TPSA) is 69.6 Å². The highest BCUT2D eigenvalue weighted by molar-refractivity contribution is 6.00. The highest BCUT2D eigenvalue weighted by Crippen LogP contribution is 2.21. The van der Waals surface area contributed by atoms with Gasteiger partial charge in [0.15, 0.2) is 0 Å². The highest BCUT2D eigenvalue weighted by Gasteiger charge is 2.28. The lowest BCUT2D eigenvalue weighted by Gasteiger charge is -2.29. The minimum atomic E-state index is -0.928. The maximum absolute atomic E-state index is 13.9. The quantitative estimate of drug-likeness (QED) is 0.191. The van der Waals surface area contributed by atoms with Crippen LogP contribution in [-0.2, 0) is 6.42 Å². The summed E-state index contributed by atoms with van der Waals surface area (Å²) in [6.45, 7) is 24.0. The Balaban J connectivity index is 0.00000263. The van der Waals surface area contributed by atoms with E-state index in [2.05, 4.69) is 39.9 Å². The SMILES string of the molecule is CC.CCC(C)C.CCCN(CCC)C(=O)c1cc(C)cc(C(=O)NC(Cc2cc(F)cc(F)c2)C(O)C(C)CCCC(C)C)c1. The van der Waals surface area contributed by atoms with Gasteiger partial charge in [-0.1, -0.05) is 88.5 Å². The minimum Gasteiger partial charge on any atom is -0.391 e. The van der Waals surface area contributed by atoms with Crippen molar-refractivity contribution in [3.63, 3.8) is 0 Å². The molecule has 0 spiro atoms. The third-order valence-corrected chi connectivity index (χ3v) is 7.81. The smallest absolute Gasteiger partial charge is 0.253 e. The molecule has 0 aliphatic rings. The highest BCUT2D eigenvalue weighted by atomic mass is 19.1. The fraction of sp³-hybridized carbons (Fsp3) is 0.641. The van der Waals surface area contributed by atoms with E-state index in [0.29, 0.717) is 35.7 Å². The third kappa shape index (κ3) is 16.7. The summed E-state index contributed by atoms with van der Waals surface area (Å²) in [4.78, 5) is 28.5. The third-order valence-electron chi connectivity index (χ3n) is 7.81. The van der Waals surface area contributed by atoms with Crippen LogP contribution >= 0.6 is 0 Å². The van der Waals surface area contributed by atoms with Crippen molar-refractivity contribution < 1.29 is 23.5 Å². The summed E-state index contributed by atoms with van der Waals surface area (Å²) in [7, 11) is 0. The molecule has 2 aromatic carbocycles. The number of benzene rings is 2. The first-order valence-electron chi connectivity index (χ1n) is 17.6. The number of hydrogen-bond acceptors (Lipinski definition) is 3. The molecule has 0 saturated carbocycles. The first-order valence-corrected chi connectivity index (χ1v) is 17.6. The second-order valence-corrected chi connectivity index (χ2v) is 13.0. The predicted molar refractivity (Wildman–Crippen MR) is 189 cm³/mol. The summed E-state index contributed by atoms with van der Waals surface area (Å²) < 4.78 is 27.8. The van der Waals surface area contributed by atoms with Crippen molar-refractivity contribution in [1.29, 1.82) is 0 Å². The summed E-state index contributed by atoms with van der Waals surface area (Å²) in [5, 5.41) is 14.2. The van der Waals surface area contributed by atoms with Crippen LogP contribution < -0.4 is 5.32 Å². The molecule has 0 heterocycles. The second kappa shape index (κ2) is 23.5. The molecule has 7 heteroatoms. The van der Waals surface area contributed by atoms with E-state index >= 15 is 0 Å². The number of nitrogens with one attached hydrogen (secondary N) is 1. The predicted octanol–water partition coefficient (Wildman–Crippen LogP) is 9.78. The number of hydrogen-bond donors (Lipinski definition) is 2. The molecule has 262 valence electrons. The van der Waals surface area contributed by atoms with Gasteiger partial charge in [-0.2, -0.15) is 0 Å². The molecule has 0 aromatic heterocycles. The number of carbonyl (C=O) groups excluding carboxylic acids is 2. The number of aryl methyl sites for hydroxylation is 1. The van der Waals surface area contributed by atoms with Gasteiger partial charge in [0, 0.05) is 30.3 Å². The van der Waals surface area contributed by atoms with E-state index in [-0.39, 0.29) is 18.2 Å². The summed E-state index contributed by atoms with van der Waals surface area (Å²) in [6, 6.07) is 7.52. The average Bonchev–Trinajstić information content (AvgIpc) is 3.00. The zero-order valence-electron chi connectivity index (χ0n) is 30.7. The standard InChI is InChI=1S/C32H46F2N2O3.C5H12.C2H6/c1-7-12-36(13-8-2)32(39)26-15-22(5)14-25(19-26)31(38)35-29(18-24-16-27(33)20-28(34)17-24)30(37)23(6)11-9-10-21(3)4;1-4-5(2)3;1-2/h14-17,19-21,23,29-30,37H,7-13,18H2,1-6H3,(H,35,38);5H,4H2,1-3H3;1-2H3. The molecule has 2 amide bonds. The molecule has 0 bridgehead atoms. The molecular weight excluding hydrogens is 582 g/mol. The van der Waals surface area contributed by atoms with Crippen LogP contribution in [0.1, 0.15) is 140 Å². The Morgan fingerprint density at radius 2 is 1.33 bits per heavy atom. The van der Waals surface area contributed by atoms with Gasteiger partial charge in [0.05, 0.1) is 12.1 Å². The number of aliphatic hydroxyl groups excluding tert-OH is 1. The second-order valence-electron chi connectivity index (χ2n) is 13.0. The van der Waals surface area contributed by atoms with Gasteiger partial charge in [0.25, 0.3) is 11.8 Å². The fourth-order valence-corrected chi connectivity index (χ4v) is 4.98. The molecule has 3 unspecified atom stereocenters. The molecule has 5 nitrogen and oxygen atoms in total. The molecular formula is C39H64F2N2O3. The van der Waals surface area contributed by atoms with Crippen molar-refractivity contribution in [2.75, 3.05) is 13.1 Å². The van der Waals surface area contributed by atoms with E-state index in [4.69, 9.17) is 0 Å². The number of aliphatic hydroxyl groups is 1. The summed E-state index contributed by atoms with van der Waals surface area (Å²) in [5.41, 5.74) is 1.86. The Kier molecular flexibility index (Phi) is 22.1. The first-order chi connectivity index (χ1) is 21.7. The Morgan fingerprint density at radius 1 is 0.804 bits per heavy atom. The zero-order valence-corrected chi connectivity index (χ0v) is 30.7. The largest absolute Gasteiger partial charge is 0.391 e. The molecule has 0 aliphatic heterocycles. The van der Waals surface area contributed by atoms with Crippen molar-refractivity contribution in [1.82, 2.24) is 10.2 Å². The van der Waals surface area contributed by atoms with Gasteiger partial charge in [0.1, 0.15) is 11.6 Å². The molecule has 0 saturated heterocycles. The van der Waals surface area contributed by atoms with Crippen LogP contribution in [0, 0.1) is 36.3 Å². The van der Waals surface area contributed by atoms with Crippen LogP contribution in [0.15, 0.2) is 36.4 Å². The number of nitrogens with zero attached hydrogens (tertiary/aromatic N) is 1. The van der Waals surface area contributed by atoms with E-state index in [0.717, 1.165) is 49.7 Å². The normalized spacial score (nSPS) is 12.8. The van der Waals surface area contributed by atoms with E-state index in [9.17, 15) is 23.5 Å². The van der Waals surface area contributed by atoms with Crippen molar-refractivity contribution in [2.24, 2.45) is 17.8 Å². The van der Waals surface area contributed by atoms with Crippen molar-refractivity contribution in [3.05, 3.63) is 70.3 Å². The summed E-state index contributed by atoms with van der Waals surface area (Å²) in [6.07, 6.45) is 4.83. The van der Waals surface area contributed by atoms with Crippen LogP contribution in [0.25, 0.3) is 0 Å². The van der Waals surface area contributed by atoms with Gasteiger partial charge >= 0.3 is 0 Å². The van der Waals surface area contributed by atoms with Crippen LogP contribution in [-0.4, -0.2) is 47.1 Å². The van der Waals surface area contributed by atoms with Crippen LogP contribution in [0.4, 0.5) is 8.78 Å². The first kappa shape index (κ1) is 43.2. The summed E-state index contributed by atoms with van der Waals surface area (Å²) >= 11 is 0. The lowest BCUT2D eigenvalue weighted by atomic mass is 9.88. The van der Waals surface area contributed by atoms with Gasteiger partial charge < -0.3 is 15.3 Å². The van der Waals surface area contributed by atoms with Crippen LogP contribution in [0.5, 0.6) is 0 Å². The molecule has 46 heavy (non-hydrogen) atoms. The Hall–Kier alpha value is -2.80. The molecule has 0 aliphatic carbocycles. The van der Waals surface area contributed by atoms with Gasteiger partial charge in [-0.25, -0.2) is 8.78 Å². The van der Waals surface area contributed by atoms with Crippen molar-refractivity contribution in [2.45, 2.75) is 133 Å². The molecule has 3 atom stereocenters. The monoisotopic (exact) mass is 646 g/mol. The van der Waals surface area contributed by atoms with E-state index in [1.165, 1.54) is 18.6 Å². The maximum Gasteiger partial charge on any atom is 0.253 e. The summed E-state index contributed by atoms with van der Waals surface area (Å²) in [5.74, 6) is -0.694. The molecule has 0 radical (unpaired) electrons. The molecule has 2 rings (SSSR count). The average molecular weight is 647 g/mol. The maximum atomic E-state index is 13.9. The number of amides is 2. The Bertz CT molecular complexity index is 1130. The van der Waals surface area contributed by atoms with Crippen molar-refractivity contribution >= 4 is 11.8 Å². The van der Waals surface area contributed by atoms with E-state index < -0.39 is 29.7 Å². The lowest BCUT2D eigenvalue weighted by molar-refractivity contribution is 0.0611. The fourth-order valence-electron chi connectivity index (χ4n) is 4.98.